The number of nitrogens with one attached hydrogen (secondary N) is 3. The zero-order valence-corrected chi connectivity index (χ0v) is 16.3. The molecule has 4 unspecified atom stereocenters. The van der Waals surface area contributed by atoms with Crippen LogP contribution in [0.4, 0.5) is 0 Å². The fraction of sp³-hybridized carbons (Fsp3) is 0.625. The zero-order valence-electron chi connectivity index (χ0n) is 16.3. The molecule has 9 N–H and O–H groups in total. The highest BCUT2D eigenvalue weighted by molar-refractivity contribution is 5.95. The summed E-state index contributed by atoms with van der Waals surface area (Å²) < 4.78 is 0. The van der Waals surface area contributed by atoms with Gasteiger partial charge in [0.05, 0.1) is 18.9 Å². The summed E-state index contributed by atoms with van der Waals surface area (Å²) in [5.41, 5.74) is 10.4. The van der Waals surface area contributed by atoms with Crippen molar-refractivity contribution in [2.75, 3.05) is 0 Å². The summed E-state index contributed by atoms with van der Waals surface area (Å²) >= 11 is 0. The first-order valence-corrected chi connectivity index (χ1v) is 8.65. The van der Waals surface area contributed by atoms with Gasteiger partial charge in [0.1, 0.15) is 18.1 Å². The molecular weight excluding hydrogens is 390 g/mol. The van der Waals surface area contributed by atoms with E-state index < -0.39 is 78.5 Å². The molecule has 0 aromatic carbocycles. The fourth-order valence-electron chi connectivity index (χ4n) is 2.14. The maximum atomic E-state index is 12.4. The Labute approximate surface area is 166 Å². The summed E-state index contributed by atoms with van der Waals surface area (Å²) in [5.74, 6) is -6.64. The summed E-state index contributed by atoms with van der Waals surface area (Å²) in [5, 5.41) is 24.4. The maximum Gasteiger partial charge on any atom is 0.326 e. The summed E-state index contributed by atoms with van der Waals surface area (Å²) in [4.78, 5) is 69.1. The first kappa shape index (κ1) is 25.8. The molecule has 0 saturated carbocycles. The van der Waals surface area contributed by atoms with E-state index in [0.29, 0.717) is 0 Å². The van der Waals surface area contributed by atoms with Crippen LogP contribution >= 0.6 is 0 Å². The van der Waals surface area contributed by atoms with Crippen molar-refractivity contribution in [2.24, 2.45) is 17.4 Å². The molecule has 0 aromatic heterocycles. The molecule has 0 aliphatic rings. The van der Waals surface area contributed by atoms with Crippen molar-refractivity contribution in [2.45, 2.75) is 57.8 Å². The normalized spacial score (nSPS) is 14.8. The molecule has 0 fully saturated rings. The van der Waals surface area contributed by atoms with Crippen LogP contribution in [0, 0.1) is 5.92 Å². The molecule has 0 aliphatic carbocycles. The smallest absolute Gasteiger partial charge is 0.326 e. The van der Waals surface area contributed by atoms with E-state index in [9.17, 15) is 28.8 Å². The van der Waals surface area contributed by atoms with E-state index >= 15 is 0 Å². The molecule has 0 radical (unpaired) electrons. The number of carboxylic acid groups (broad SMARTS) is 2. The second kappa shape index (κ2) is 11.6. The molecule has 13 nitrogen and oxygen atoms in total. The van der Waals surface area contributed by atoms with Crippen LogP contribution < -0.4 is 27.4 Å². The molecule has 0 aliphatic heterocycles. The van der Waals surface area contributed by atoms with Gasteiger partial charge in [0.2, 0.25) is 23.6 Å². The highest BCUT2D eigenvalue weighted by atomic mass is 16.4. The molecule has 0 spiro atoms. The first-order valence-electron chi connectivity index (χ1n) is 8.65. The monoisotopic (exact) mass is 417 g/mol. The van der Waals surface area contributed by atoms with Crippen LogP contribution in [0.5, 0.6) is 0 Å². The van der Waals surface area contributed by atoms with Crippen LogP contribution in [0.3, 0.4) is 0 Å². The van der Waals surface area contributed by atoms with Crippen molar-refractivity contribution < 1.29 is 39.0 Å². The molecular formula is C16H27N5O8. The highest BCUT2D eigenvalue weighted by Gasteiger charge is 2.30. The van der Waals surface area contributed by atoms with Gasteiger partial charge in [0.15, 0.2) is 0 Å². The predicted molar refractivity (Wildman–Crippen MR) is 98.0 cm³/mol. The molecule has 4 amide bonds. The van der Waals surface area contributed by atoms with E-state index in [0.717, 1.165) is 0 Å². The van der Waals surface area contributed by atoms with Crippen molar-refractivity contribution in [3.63, 3.8) is 0 Å². The summed E-state index contributed by atoms with van der Waals surface area (Å²) in [6.07, 6.45) is -1.26. The van der Waals surface area contributed by atoms with Crippen LogP contribution in [0.25, 0.3) is 0 Å². The molecule has 164 valence electrons. The van der Waals surface area contributed by atoms with Crippen LogP contribution in [-0.4, -0.2) is 69.9 Å². The second-order valence-electron chi connectivity index (χ2n) is 6.73. The van der Waals surface area contributed by atoms with Gasteiger partial charge in [-0.05, 0) is 12.8 Å². The Balaban J connectivity index is 5.02. The Morgan fingerprint density at radius 3 is 1.79 bits per heavy atom. The number of carbonyl (C=O) groups is 6. The van der Waals surface area contributed by atoms with Gasteiger partial charge in [-0.2, -0.15) is 0 Å². The third kappa shape index (κ3) is 9.51. The summed E-state index contributed by atoms with van der Waals surface area (Å²) in [6, 6.07) is -5.26. The Kier molecular flexibility index (Phi) is 10.3. The second-order valence-corrected chi connectivity index (χ2v) is 6.73. The van der Waals surface area contributed by atoms with Crippen molar-refractivity contribution in [3.8, 4) is 0 Å². The molecule has 13 heteroatoms. The molecule has 0 rings (SSSR count). The Morgan fingerprint density at radius 2 is 1.38 bits per heavy atom. The predicted octanol–water partition coefficient (Wildman–Crippen LogP) is -3.12. The number of primary amides is 1. The minimum absolute atomic E-state index is 0.437. The quantitative estimate of drug-likeness (QED) is 0.170. The highest BCUT2D eigenvalue weighted by Crippen LogP contribution is 2.04. The molecule has 0 bridgehead atoms. The number of nitrogens with two attached hydrogens (primary N) is 2. The maximum absolute atomic E-state index is 12.4. The van der Waals surface area contributed by atoms with E-state index in [4.69, 9.17) is 21.7 Å². The van der Waals surface area contributed by atoms with E-state index in [2.05, 4.69) is 16.0 Å². The first-order chi connectivity index (χ1) is 13.3. The lowest BCUT2D eigenvalue weighted by Crippen LogP contribution is -2.58. The minimum Gasteiger partial charge on any atom is -0.481 e. The SMILES string of the molecule is CC(NC(=O)C(NC(=O)C(N)CC(=O)O)C(C)C)C(=O)NC(CC(N)=O)C(=O)O. The lowest BCUT2D eigenvalue weighted by molar-refractivity contribution is -0.143. The molecule has 29 heavy (non-hydrogen) atoms. The van der Waals surface area contributed by atoms with Gasteiger partial charge in [0.25, 0.3) is 0 Å². The number of rotatable bonds is 12. The van der Waals surface area contributed by atoms with Crippen molar-refractivity contribution in [1.82, 2.24) is 16.0 Å². The average Bonchev–Trinajstić information content (AvgIpc) is 2.56. The third-order valence-electron chi connectivity index (χ3n) is 3.75. The number of amides is 4. The van der Waals surface area contributed by atoms with Gasteiger partial charge in [-0.15, -0.1) is 0 Å². The van der Waals surface area contributed by atoms with Crippen molar-refractivity contribution >= 4 is 35.6 Å². The van der Waals surface area contributed by atoms with E-state index in [1.807, 2.05) is 0 Å². The largest absolute Gasteiger partial charge is 0.481 e. The Bertz CT molecular complexity index is 666. The third-order valence-corrected chi connectivity index (χ3v) is 3.75. The van der Waals surface area contributed by atoms with E-state index in [1.165, 1.54) is 6.92 Å². The average molecular weight is 417 g/mol. The fourth-order valence-corrected chi connectivity index (χ4v) is 2.14. The molecule has 0 heterocycles. The summed E-state index contributed by atoms with van der Waals surface area (Å²) in [7, 11) is 0. The van der Waals surface area contributed by atoms with Crippen LogP contribution in [0.1, 0.15) is 33.6 Å². The number of hydrogen-bond acceptors (Lipinski definition) is 7. The number of carboxylic acids is 2. The molecule has 0 aromatic rings. The molecule has 0 saturated heterocycles. The topological polar surface area (TPSA) is 231 Å². The van der Waals surface area contributed by atoms with E-state index in [-0.39, 0.29) is 0 Å². The van der Waals surface area contributed by atoms with Gasteiger partial charge < -0.3 is 37.6 Å². The lowest BCUT2D eigenvalue weighted by atomic mass is 10.0. The van der Waals surface area contributed by atoms with Gasteiger partial charge in [-0.25, -0.2) is 4.79 Å². The lowest BCUT2D eigenvalue weighted by Gasteiger charge is -2.25. The van der Waals surface area contributed by atoms with Gasteiger partial charge in [-0.1, -0.05) is 13.8 Å². The van der Waals surface area contributed by atoms with Gasteiger partial charge in [-0.3, -0.25) is 24.0 Å². The van der Waals surface area contributed by atoms with Crippen LogP contribution in [0.2, 0.25) is 0 Å². The van der Waals surface area contributed by atoms with Crippen LogP contribution in [0.15, 0.2) is 0 Å². The van der Waals surface area contributed by atoms with E-state index in [1.54, 1.807) is 13.8 Å². The minimum atomic E-state index is -1.56. The number of hydrogen-bond donors (Lipinski definition) is 7. The summed E-state index contributed by atoms with van der Waals surface area (Å²) in [6.45, 7) is 4.47. The standard InChI is InChI=1S/C16H27N5O8/c1-6(2)12(21-14(26)8(17)4-11(23)24)15(27)19-7(3)13(25)20-9(16(28)29)5-10(18)22/h6-9,12H,4-5,17H2,1-3H3,(H2,18,22)(H,19,27)(H,20,25)(H,21,26)(H,23,24)(H,28,29). The zero-order chi connectivity index (χ0) is 22.9. The van der Waals surface area contributed by atoms with Gasteiger partial charge in [0, 0.05) is 0 Å². The van der Waals surface area contributed by atoms with Crippen molar-refractivity contribution in [1.29, 1.82) is 0 Å². The number of carbonyl (C=O) groups excluding carboxylic acids is 4. The molecule has 4 atom stereocenters. The Morgan fingerprint density at radius 1 is 0.828 bits per heavy atom. The van der Waals surface area contributed by atoms with Crippen LogP contribution in [-0.2, 0) is 28.8 Å². The Hall–Kier alpha value is -3.22. The number of aliphatic carboxylic acids is 2. The van der Waals surface area contributed by atoms with Gasteiger partial charge >= 0.3 is 11.9 Å². The van der Waals surface area contributed by atoms with Crippen molar-refractivity contribution in [3.05, 3.63) is 0 Å².